The maximum Gasteiger partial charge on any atom is 0.253 e. The van der Waals surface area contributed by atoms with Gasteiger partial charge in [0.25, 0.3) is 5.91 Å². The Morgan fingerprint density at radius 2 is 1.47 bits per heavy atom. The van der Waals surface area contributed by atoms with E-state index in [-0.39, 0.29) is 12.5 Å². The van der Waals surface area contributed by atoms with Crippen LogP contribution in [0, 0.1) is 0 Å². The fourth-order valence-electron chi connectivity index (χ4n) is 3.26. The standard InChI is InChI=1S/C24H26N2O4/c1-26(17-10-6-5-7-11-17)21-13-9-8-12-19(21)24(27)25-16-20-22(29-3)14-18(28-2)15-23(20)30-4/h5-15H,16H2,1-4H3,(H,25,27). The second kappa shape index (κ2) is 9.69. The molecule has 0 aliphatic heterocycles. The summed E-state index contributed by atoms with van der Waals surface area (Å²) in [6.07, 6.45) is 0. The molecule has 0 saturated carbocycles. The largest absolute Gasteiger partial charge is 0.496 e. The molecule has 0 spiro atoms. The van der Waals surface area contributed by atoms with Crippen molar-refractivity contribution in [2.75, 3.05) is 33.3 Å². The molecule has 0 bridgehead atoms. The normalized spacial score (nSPS) is 10.3. The van der Waals surface area contributed by atoms with Gasteiger partial charge in [0.1, 0.15) is 17.2 Å². The first-order valence-electron chi connectivity index (χ1n) is 9.54. The number of methoxy groups -OCH3 is 3. The molecule has 0 radical (unpaired) electrons. The Morgan fingerprint density at radius 1 is 0.867 bits per heavy atom. The highest BCUT2D eigenvalue weighted by Crippen LogP contribution is 2.34. The summed E-state index contributed by atoms with van der Waals surface area (Å²) in [4.78, 5) is 15.0. The van der Waals surface area contributed by atoms with Crippen LogP contribution in [0.1, 0.15) is 15.9 Å². The van der Waals surface area contributed by atoms with E-state index in [0.29, 0.717) is 22.8 Å². The Kier molecular flexibility index (Phi) is 6.80. The number of anilines is 2. The maximum absolute atomic E-state index is 13.1. The van der Waals surface area contributed by atoms with Gasteiger partial charge < -0.3 is 24.4 Å². The van der Waals surface area contributed by atoms with Gasteiger partial charge in [-0.2, -0.15) is 0 Å². The van der Waals surface area contributed by atoms with Gasteiger partial charge in [-0.15, -0.1) is 0 Å². The van der Waals surface area contributed by atoms with Crippen molar-refractivity contribution in [3.05, 3.63) is 77.9 Å². The van der Waals surface area contributed by atoms with Crippen molar-refractivity contribution in [3.8, 4) is 17.2 Å². The minimum absolute atomic E-state index is 0.187. The predicted molar refractivity (Wildman–Crippen MR) is 118 cm³/mol. The van der Waals surface area contributed by atoms with E-state index in [4.69, 9.17) is 14.2 Å². The predicted octanol–water partition coefficient (Wildman–Crippen LogP) is 4.41. The number of nitrogens with zero attached hydrogens (tertiary/aromatic N) is 1. The zero-order valence-electron chi connectivity index (χ0n) is 17.6. The molecular formula is C24H26N2O4. The lowest BCUT2D eigenvalue weighted by atomic mass is 10.1. The number of hydrogen-bond acceptors (Lipinski definition) is 5. The number of carbonyl (C=O) groups is 1. The third-order valence-electron chi connectivity index (χ3n) is 4.90. The molecule has 0 aliphatic carbocycles. The highest BCUT2D eigenvalue weighted by atomic mass is 16.5. The number of rotatable bonds is 8. The van der Waals surface area contributed by atoms with E-state index in [2.05, 4.69) is 5.32 Å². The first-order valence-corrected chi connectivity index (χ1v) is 9.54. The average Bonchev–Trinajstić information content (AvgIpc) is 2.81. The molecule has 0 unspecified atom stereocenters. The third kappa shape index (κ3) is 4.49. The minimum atomic E-state index is -0.187. The summed E-state index contributed by atoms with van der Waals surface area (Å²) in [7, 11) is 6.67. The summed E-state index contributed by atoms with van der Waals surface area (Å²) in [5.41, 5.74) is 3.13. The molecule has 156 valence electrons. The molecule has 1 N–H and O–H groups in total. The highest BCUT2D eigenvalue weighted by molar-refractivity contribution is 6.00. The Hall–Kier alpha value is -3.67. The molecule has 3 aromatic carbocycles. The summed E-state index contributed by atoms with van der Waals surface area (Å²) < 4.78 is 16.2. The lowest BCUT2D eigenvalue weighted by molar-refractivity contribution is 0.0951. The summed E-state index contributed by atoms with van der Waals surface area (Å²) in [6.45, 7) is 0.249. The highest BCUT2D eigenvalue weighted by Gasteiger charge is 2.18. The Bertz CT molecular complexity index is 980. The van der Waals surface area contributed by atoms with Gasteiger partial charge in [-0.25, -0.2) is 0 Å². The van der Waals surface area contributed by atoms with E-state index in [0.717, 1.165) is 16.9 Å². The van der Waals surface area contributed by atoms with Gasteiger partial charge in [0.15, 0.2) is 0 Å². The summed E-state index contributed by atoms with van der Waals surface area (Å²) in [5, 5.41) is 2.98. The summed E-state index contributed by atoms with van der Waals surface area (Å²) >= 11 is 0. The zero-order valence-corrected chi connectivity index (χ0v) is 17.6. The Labute approximate surface area is 177 Å². The number of ether oxygens (including phenoxy) is 3. The molecular weight excluding hydrogens is 380 g/mol. The van der Waals surface area contributed by atoms with E-state index in [1.807, 2.05) is 66.5 Å². The van der Waals surface area contributed by atoms with Crippen molar-refractivity contribution >= 4 is 17.3 Å². The number of carbonyl (C=O) groups excluding carboxylic acids is 1. The van der Waals surface area contributed by atoms with Gasteiger partial charge in [-0.05, 0) is 24.3 Å². The maximum atomic E-state index is 13.1. The van der Waals surface area contributed by atoms with Crippen LogP contribution in [-0.4, -0.2) is 34.3 Å². The van der Waals surface area contributed by atoms with Gasteiger partial charge >= 0.3 is 0 Å². The summed E-state index contributed by atoms with van der Waals surface area (Å²) in [5.74, 6) is 1.60. The Morgan fingerprint density at radius 3 is 2.07 bits per heavy atom. The van der Waals surface area contributed by atoms with Crippen LogP contribution in [0.4, 0.5) is 11.4 Å². The Balaban J connectivity index is 1.85. The SMILES string of the molecule is COc1cc(OC)c(CNC(=O)c2ccccc2N(C)c2ccccc2)c(OC)c1. The van der Waals surface area contributed by atoms with E-state index >= 15 is 0 Å². The smallest absolute Gasteiger partial charge is 0.253 e. The van der Waals surface area contributed by atoms with Crippen molar-refractivity contribution in [1.82, 2.24) is 5.32 Å². The van der Waals surface area contributed by atoms with Crippen LogP contribution < -0.4 is 24.4 Å². The van der Waals surface area contributed by atoms with Crippen molar-refractivity contribution < 1.29 is 19.0 Å². The quantitative estimate of drug-likeness (QED) is 0.600. The van der Waals surface area contributed by atoms with E-state index < -0.39 is 0 Å². The molecule has 0 aliphatic rings. The summed E-state index contributed by atoms with van der Waals surface area (Å²) in [6, 6.07) is 20.9. The van der Waals surface area contributed by atoms with Crippen LogP contribution in [0.3, 0.4) is 0 Å². The molecule has 3 rings (SSSR count). The van der Waals surface area contributed by atoms with Gasteiger partial charge in [0.05, 0.1) is 44.7 Å². The van der Waals surface area contributed by atoms with Gasteiger partial charge in [0.2, 0.25) is 0 Å². The van der Waals surface area contributed by atoms with Gasteiger partial charge in [-0.3, -0.25) is 4.79 Å². The molecule has 0 heterocycles. The van der Waals surface area contributed by atoms with Gasteiger partial charge in [0, 0.05) is 24.9 Å². The lowest BCUT2D eigenvalue weighted by Gasteiger charge is -2.22. The average molecular weight is 406 g/mol. The fourth-order valence-corrected chi connectivity index (χ4v) is 3.26. The van der Waals surface area contributed by atoms with Gasteiger partial charge in [-0.1, -0.05) is 30.3 Å². The second-order valence-corrected chi connectivity index (χ2v) is 6.60. The molecule has 6 heteroatoms. The van der Waals surface area contributed by atoms with E-state index in [9.17, 15) is 4.79 Å². The van der Waals surface area contributed by atoms with Crippen LogP contribution in [0.25, 0.3) is 0 Å². The monoisotopic (exact) mass is 406 g/mol. The van der Waals surface area contributed by atoms with Crippen molar-refractivity contribution in [2.45, 2.75) is 6.54 Å². The minimum Gasteiger partial charge on any atom is -0.496 e. The molecule has 30 heavy (non-hydrogen) atoms. The van der Waals surface area contributed by atoms with E-state index in [1.54, 1.807) is 33.5 Å². The molecule has 6 nitrogen and oxygen atoms in total. The molecule has 0 atom stereocenters. The van der Waals surface area contributed by atoms with E-state index in [1.165, 1.54) is 0 Å². The number of benzene rings is 3. The molecule has 0 saturated heterocycles. The fraction of sp³-hybridized carbons (Fsp3) is 0.208. The zero-order chi connectivity index (χ0) is 21.5. The van der Waals surface area contributed by atoms with Crippen LogP contribution in [-0.2, 0) is 6.54 Å². The van der Waals surface area contributed by atoms with Crippen molar-refractivity contribution in [2.24, 2.45) is 0 Å². The second-order valence-electron chi connectivity index (χ2n) is 6.60. The topological polar surface area (TPSA) is 60.0 Å². The van der Waals surface area contributed by atoms with Crippen LogP contribution in [0.2, 0.25) is 0 Å². The number of hydrogen-bond donors (Lipinski definition) is 1. The molecule has 0 fully saturated rings. The van der Waals surface area contributed by atoms with Crippen molar-refractivity contribution in [1.29, 1.82) is 0 Å². The van der Waals surface area contributed by atoms with Crippen LogP contribution in [0.15, 0.2) is 66.7 Å². The number of nitrogens with one attached hydrogen (secondary N) is 1. The molecule has 1 amide bonds. The first-order chi connectivity index (χ1) is 14.6. The van der Waals surface area contributed by atoms with Crippen LogP contribution in [0.5, 0.6) is 17.2 Å². The van der Waals surface area contributed by atoms with Crippen LogP contribution >= 0.6 is 0 Å². The van der Waals surface area contributed by atoms with Crippen molar-refractivity contribution in [3.63, 3.8) is 0 Å². The third-order valence-corrected chi connectivity index (χ3v) is 4.90. The number of amides is 1. The first kappa shape index (κ1) is 21.0. The number of para-hydroxylation sites is 2. The molecule has 3 aromatic rings. The molecule has 0 aromatic heterocycles. The lowest BCUT2D eigenvalue weighted by Crippen LogP contribution is -2.25.